The molecular weight excluding hydrogens is 352 g/mol. The molecule has 0 unspecified atom stereocenters. The summed E-state index contributed by atoms with van der Waals surface area (Å²) in [6.07, 6.45) is 4.18. The minimum absolute atomic E-state index is 0.00972. The fourth-order valence-corrected chi connectivity index (χ4v) is 2.74. The highest BCUT2D eigenvalue weighted by Crippen LogP contribution is 2.18. The van der Waals surface area contributed by atoms with Crippen LogP contribution in [0.3, 0.4) is 0 Å². The largest absolute Gasteiger partial charge is 0.353 e. The number of rotatable bonds is 4. The maximum Gasteiger partial charge on any atom is 0.264 e. The molecule has 92 valence electrons. The molecule has 1 aliphatic carbocycles. The third-order valence-corrected chi connectivity index (χ3v) is 3.53. The first-order valence-corrected chi connectivity index (χ1v) is 6.99. The van der Waals surface area contributed by atoms with Crippen molar-refractivity contribution in [3.63, 3.8) is 0 Å². The van der Waals surface area contributed by atoms with Gasteiger partial charge in [-0.25, -0.2) is 0 Å². The first-order valence-electron chi connectivity index (χ1n) is 5.41. The van der Waals surface area contributed by atoms with E-state index in [2.05, 4.69) is 37.2 Å². The second-order valence-corrected chi connectivity index (χ2v) is 5.87. The van der Waals surface area contributed by atoms with Gasteiger partial charge in [-0.15, -0.1) is 0 Å². The van der Waals surface area contributed by atoms with Crippen LogP contribution in [0.1, 0.15) is 19.3 Å². The normalized spacial score (nSPS) is 14.7. The van der Waals surface area contributed by atoms with Crippen molar-refractivity contribution in [1.82, 2.24) is 9.88 Å². The molecule has 0 atom stereocenters. The van der Waals surface area contributed by atoms with Crippen LogP contribution in [0.15, 0.2) is 26.0 Å². The Morgan fingerprint density at radius 3 is 2.82 bits per heavy atom. The van der Waals surface area contributed by atoms with Crippen molar-refractivity contribution in [2.45, 2.75) is 31.8 Å². The fourth-order valence-electron chi connectivity index (χ4n) is 1.48. The predicted molar refractivity (Wildman–Crippen MR) is 71.9 cm³/mol. The topological polar surface area (TPSA) is 51.1 Å². The number of aromatic nitrogens is 1. The first kappa shape index (κ1) is 12.8. The van der Waals surface area contributed by atoms with Crippen LogP contribution in [-0.4, -0.2) is 16.5 Å². The number of carbonyl (C=O) groups excluding carboxylic acids is 1. The zero-order valence-corrected chi connectivity index (χ0v) is 12.3. The van der Waals surface area contributed by atoms with Crippen molar-refractivity contribution in [2.75, 3.05) is 0 Å². The van der Waals surface area contributed by atoms with Crippen LogP contribution < -0.4 is 10.9 Å². The smallest absolute Gasteiger partial charge is 0.264 e. The van der Waals surface area contributed by atoms with E-state index in [4.69, 9.17) is 0 Å². The minimum atomic E-state index is -0.118. The van der Waals surface area contributed by atoms with Gasteiger partial charge >= 0.3 is 0 Å². The van der Waals surface area contributed by atoms with Crippen molar-refractivity contribution in [1.29, 1.82) is 0 Å². The second-order valence-electron chi connectivity index (χ2n) is 4.10. The molecule has 0 aromatic carbocycles. The van der Waals surface area contributed by atoms with Gasteiger partial charge in [0.15, 0.2) is 0 Å². The maximum atomic E-state index is 11.7. The van der Waals surface area contributed by atoms with Gasteiger partial charge < -0.3 is 9.88 Å². The van der Waals surface area contributed by atoms with Crippen molar-refractivity contribution in [3.05, 3.63) is 31.6 Å². The Hall–Kier alpha value is -0.620. The lowest BCUT2D eigenvalue weighted by atomic mass is 10.3. The first-order chi connectivity index (χ1) is 8.06. The molecule has 2 rings (SSSR count). The van der Waals surface area contributed by atoms with Crippen molar-refractivity contribution in [2.24, 2.45) is 0 Å². The number of nitrogens with zero attached hydrogens (tertiary/aromatic N) is 1. The zero-order valence-electron chi connectivity index (χ0n) is 9.08. The highest BCUT2D eigenvalue weighted by Gasteiger charge is 2.22. The lowest BCUT2D eigenvalue weighted by Gasteiger charge is -2.07. The number of nitrogens with one attached hydrogen (secondary N) is 1. The van der Waals surface area contributed by atoms with Crippen LogP contribution in [0, 0.1) is 0 Å². The van der Waals surface area contributed by atoms with E-state index in [9.17, 15) is 9.59 Å². The summed E-state index contributed by atoms with van der Waals surface area (Å²) in [4.78, 5) is 23.2. The molecule has 0 saturated heterocycles. The lowest BCUT2D eigenvalue weighted by Crippen LogP contribution is -2.28. The van der Waals surface area contributed by atoms with Gasteiger partial charge in [-0.2, -0.15) is 0 Å². The molecule has 1 heterocycles. The van der Waals surface area contributed by atoms with Crippen LogP contribution in [-0.2, 0) is 11.3 Å². The lowest BCUT2D eigenvalue weighted by molar-refractivity contribution is -0.121. The van der Waals surface area contributed by atoms with Crippen LogP contribution in [0.5, 0.6) is 0 Å². The van der Waals surface area contributed by atoms with Gasteiger partial charge in [-0.1, -0.05) is 0 Å². The summed E-state index contributed by atoms with van der Waals surface area (Å²) in [5.74, 6) is 0.00972. The third kappa shape index (κ3) is 3.67. The fraction of sp³-hybridized carbons (Fsp3) is 0.455. The summed E-state index contributed by atoms with van der Waals surface area (Å²) in [5.41, 5.74) is -0.118. The molecule has 0 aliphatic heterocycles. The van der Waals surface area contributed by atoms with E-state index >= 15 is 0 Å². The molecule has 0 radical (unpaired) electrons. The number of carbonyl (C=O) groups is 1. The van der Waals surface area contributed by atoms with E-state index in [1.165, 1.54) is 4.57 Å². The van der Waals surface area contributed by atoms with Crippen LogP contribution in [0.2, 0.25) is 0 Å². The molecule has 0 bridgehead atoms. The molecule has 4 nitrogen and oxygen atoms in total. The van der Waals surface area contributed by atoms with E-state index in [0.29, 0.717) is 23.5 Å². The van der Waals surface area contributed by atoms with E-state index in [-0.39, 0.29) is 11.5 Å². The summed E-state index contributed by atoms with van der Waals surface area (Å²) in [5, 5.41) is 2.90. The molecule has 1 aliphatic rings. The Balaban J connectivity index is 1.98. The number of hydrogen-bond acceptors (Lipinski definition) is 2. The van der Waals surface area contributed by atoms with Crippen molar-refractivity contribution >= 4 is 37.8 Å². The standard InChI is InChI=1S/C11H12Br2N2O2/c12-7-5-9(13)11(17)15(6-7)4-3-10(16)14-8-1-2-8/h5-6,8H,1-4H2,(H,14,16). The van der Waals surface area contributed by atoms with Gasteiger partial charge in [-0.3, -0.25) is 9.59 Å². The molecule has 0 spiro atoms. The number of pyridine rings is 1. The molecule has 17 heavy (non-hydrogen) atoms. The van der Waals surface area contributed by atoms with Gasteiger partial charge in [0.2, 0.25) is 5.91 Å². The molecule has 1 fully saturated rings. The van der Waals surface area contributed by atoms with Crippen molar-refractivity contribution in [3.8, 4) is 0 Å². The molecule has 1 amide bonds. The summed E-state index contributed by atoms with van der Waals surface area (Å²) >= 11 is 6.50. The average Bonchev–Trinajstić information content (AvgIpc) is 3.05. The minimum Gasteiger partial charge on any atom is -0.353 e. The van der Waals surface area contributed by atoms with Gasteiger partial charge in [0.25, 0.3) is 5.56 Å². The summed E-state index contributed by atoms with van der Waals surface area (Å²) in [7, 11) is 0. The summed E-state index contributed by atoms with van der Waals surface area (Å²) < 4.78 is 2.83. The number of amides is 1. The second kappa shape index (κ2) is 5.35. The molecule has 6 heteroatoms. The third-order valence-electron chi connectivity index (χ3n) is 2.53. The highest BCUT2D eigenvalue weighted by atomic mass is 79.9. The van der Waals surface area contributed by atoms with Crippen molar-refractivity contribution < 1.29 is 4.79 Å². The van der Waals surface area contributed by atoms with Gasteiger partial charge in [-0.05, 0) is 50.8 Å². The summed E-state index contributed by atoms with van der Waals surface area (Å²) in [6.45, 7) is 0.398. The predicted octanol–water partition coefficient (Wildman–Crippen LogP) is 2.04. The number of halogens is 2. The molecule has 1 saturated carbocycles. The Labute approximate surface area is 116 Å². The molecule has 1 N–H and O–H groups in total. The SMILES string of the molecule is O=C(CCn1cc(Br)cc(Br)c1=O)NC1CC1. The van der Waals surface area contributed by atoms with Crippen LogP contribution >= 0.6 is 31.9 Å². The highest BCUT2D eigenvalue weighted by molar-refractivity contribution is 9.11. The summed E-state index contributed by atoms with van der Waals surface area (Å²) in [6, 6.07) is 2.07. The number of aryl methyl sites for hydroxylation is 1. The molecule has 1 aromatic rings. The molecule has 1 aromatic heterocycles. The van der Waals surface area contributed by atoms with Gasteiger partial charge in [0.1, 0.15) is 0 Å². The van der Waals surface area contributed by atoms with Crippen LogP contribution in [0.25, 0.3) is 0 Å². The van der Waals surface area contributed by atoms with E-state index in [1.807, 2.05) is 0 Å². The molecular formula is C11H12Br2N2O2. The quantitative estimate of drug-likeness (QED) is 0.889. The van der Waals surface area contributed by atoms with Gasteiger partial charge in [0, 0.05) is 29.7 Å². The van der Waals surface area contributed by atoms with E-state index in [1.54, 1.807) is 12.3 Å². The average molecular weight is 364 g/mol. The van der Waals surface area contributed by atoms with Crippen LogP contribution in [0.4, 0.5) is 0 Å². The Bertz CT molecular complexity index is 495. The number of hydrogen-bond donors (Lipinski definition) is 1. The Kier molecular flexibility index (Phi) is 4.04. The zero-order chi connectivity index (χ0) is 12.4. The monoisotopic (exact) mass is 362 g/mol. The Morgan fingerprint density at radius 2 is 2.18 bits per heavy atom. The van der Waals surface area contributed by atoms with E-state index < -0.39 is 0 Å². The van der Waals surface area contributed by atoms with E-state index in [0.717, 1.165) is 17.3 Å². The Morgan fingerprint density at radius 1 is 1.47 bits per heavy atom. The maximum absolute atomic E-state index is 11.7. The van der Waals surface area contributed by atoms with Gasteiger partial charge in [0.05, 0.1) is 4.47 Å².